The van der Waals surface area contributed by atoms with Crippen molar-refractivity contribution in [3.8, 4) is 11.8 Å². The Bertz CT molecular complexity index is 675. The Morgan fingerprint density at radius 1 is 1.24 bits per heavy atom. The van der Waals surface area contributed by atoms with Crippen molar-refractivity contribution < 1.29 is 9.53 Å². The molecule has 2 aromatic rings. The lowest BCUT2D eigenvalue weighted by Gasteiger charge is -2.18. The van der Waals surface area contributed by atoms with Gasteiger partial charge in [0.15, 0.2) is 0 Å². The number of nitrogens with two attached hydrogens (primary N) is 1. The molecule has 3 N–H and O–H groups in total. The van der Waals surface area contributed by atoms with Crippen molar-refractivity contribution in [3.05, 3.63) is 59.7 Å². The van der Waals surface area contributed by atoms with Crippen LogP contribution in [0.5, 0.6) is 5.75 Å². The van der Waals surface area contributed by atoms with Gasteiger partial charge in [0.25, 0.3) is 0 Å². The third-order valence-electron chi connectivity index (χ3n) is 3.08. The molecule has 0 spiro atoms. The smallest absolute Gasteiger partial charge is 0.244 e. The SMILES string of the molecule is COc1ccc(NC(C(N)=O)c2ccccc2C#N)cc1. The number of carbonyl (C=O) groups excluding carboxylic acids is 1. The highest BCUT2D eigenvalue weighted by molar-refractivity contribution is 5.85. The second-order valence-electron chi connectivity index (χ2n) is 4.41. The van der Waals surface area contributed by atoms with E-state index in [4.69, 9.17) is 15.7 Å². The van der Waals surface area contributed by atoms with Crippen molar-refractivity contribution in [2.45, 2.75) is 6.04 Å². The lowest BCUT2D eigenvalue weighted by atomic mass is 10.00. The molecule has 0 aromatic heterocycles. The maximum absolute atomic E-state index is 11.7. The number of ether oxygens (including phenoxy) is 1. The Morgan fingerprint density at radius 3 is 2.48 bits per heavy atom. The first-order valence-corrected chi connectivity index (χ1v) is 6.34. The first-order chi connectivity index (χ1) is 10.2. The zero-order chi connectivity index (χ0) is 15.2. The molecule has 2 aromatic carbocycles. The van der Waals surface area contributed by atoms with E-state index in [9.17, 15) is 4.79 Å². The van der Waals surface area contributed by atoms with Crippen LogP contribution in [0.3, 0.4) is 0 Å². The fraction of sp³-hybridized carbons (Fsp3) is 0.125. The van der Waals surface area contributed by atoms with Crippen LogP contribution in [0.4, 0.5) is 5.69 Å². The molecule has 0 bridgehead atoms. The number of nitriles is 1. The van der Waals surface area contributed by atoms with Gasteiger partial charge in [-0.25, -0.2) is 0 Å². The zero-order valence-electron chi connectivity index (χ0n) is 11.5. The number of hydrogen-bond acceptors (Lipinski definition) is 4. The van der Waals surface area contributed by atoms with E-state index in [1.54, 1.807) is 55.6 Å². The highest BCUT2D eigenvalue weighted by Gasteiger charge is 2.20. The molecule has 5 nitrogen and oxygen atoms in total. The van der Waals surface area contributed by atoms with Crippen molar-refractivity contribution in [3.63, 3.8) is 0 Å². The van der Waals surface area contributed by atoms with Gasteiger partial charge in [-0.15, -0.1) is 0 Å². The maximum atomic E-state index is 11.7. The van der Waals surface area contributed by atoms with Crippen LogP contribution in [-0.2, 0) is 4.79 Å². The predicted octanol–water partition coefficient (Wildman–Crippen LogP) is 2.21. The van der Waals surface area contributed by atoms with Gasteiger partial charge in [-0.05, 0) is 30.3 Å². The van der Waals surface area contributed by atoms with E-state index in [0.717, 1.165) is 0 Å². The molecule has 1 unspecified atom stereocenters. The summed E-state index contributed by atoms with van der Waals surface area (Å²) >= 11 is 0. The van der Waals surface area contributed by atoms with E-state index in [2.05, 4.69) is 11.4 Å². The summed E-state index contributed by atoms with van der Waals surface area (Å²) in [5, 5.41) is 12.2. The molecule has 0 saturated carbocycles. The van der Waals surface area contributed by atoms with Gasteiger partial charge in [0.1, 0.15) is 11.8 Å². The van der Waals surface area contributed by atoms with Crippen molar-refractivity contribution in [1.29, 1.82) is 5.26 Å². The molecule has 0 radical (unpaired) electrons. The molecule has 5 heteroatoms. The fourth-order valence-corrected chi connectivity index (χ4v) is 2.01. The van der Waals surface area contributed by atoms with E-state index < -0.39 is 11.9 Å². The van der Waals surface area contributed by atoms with E-state index in [-0.39, 0.29) is 0 Å². The van der Waals surface area contributed by atoms with Gasteiger partial charge in [0, 0.05) is 11.3 Å². The van der Waals surface area contributed by atoms with Crippen molar-refractivity contribution in [1.82, 2.24) is 0 Å². The van der Waals surface area contributed by atoms with Gasteiger partial charge in [-0.1, -0.05) is 18.2 Å². The van der Waals surface area contributed by atoms with Crippen LogP contribution in [0.1, 0.15) is 17.2 Å². The molecule has 2 rings (SSSR count). The minimum atomic E-state index is -0.769. The monoisotopic (exact) mass is 281 g/mol. The van der Waals surface area contributed by atoms with Crippen LogP contribution >= 0.6 is 0 Å². The molecule has 21 heavy (non-hydrogen) atoms. The molecule has 0 aliphatic heterocycles. The molecule has 106 valence electrons. The Morgan fingerprint density at radius 2 is 1.90 bits per heavy atom. The van der Waals surface area contributed by atoms with E-state index in [1.165, 1.54) is 0 Å². The van der Waals surface area contributed by atoms with E-state index in [0.29, 0.717) is 22.6 Å². The number of primary amides is 1. The molecule has 0 saturated heterocycles. The Hall–Kier alpha value is -3.00. The minimum absolute atomic E-state index is 0.419. The van der Waals surface area contributed by atoms with Crippen molar-refractivity contribution in [2.75, 3.05) is 12.4 Å². The summed E-state index contributed by atoms with van der Waals surface area (Å²) in [4.78, 5) is 11.7. The highest BCUT2D eigenvalue weighted by atomic mass is 16.5. The average molecular weight is 281 g/mol. The second-order valence-corrected chi connectivity index (χ2v) is 4.41. The van der Waals surface area contributed by atoms with Gasteiger partial charge < -0.3 is 15.8 Å². The van der Waals surface area contributed by atoms with Gasteiger partial charge in [-0.2, -0.15) is 5.26 Å². The second kappa shape index (κ2) is 6.44. The van der Waals surface area contributed by atoms with Crippen LogP contribution in [0, 0.1) is 11.3 Å². The van der Waals surface area contributed by atoms with E-state index in [1.807, 2.05) is 0 Å². The molecule has 0 fully saturated rings. The summed E-state index contributed by atoms with van der Waals surface area (Å²) < 4.78 is 5.08. The summed E-state index contributed by atoms with van der Waals surface area (Å²) in [6.07, 6.45) is 0. The topological polar surface area (TPSA) is 88.1 Å². The first-order valence-electron chi connectivity index (χ1n) is 6.34. The van der Waals surface area contributed by atoms with Crippen LogP contribution < -0.4 is 15.8 Å². The average Bonchev–Trinajstić information content (AvgIpc) is 2.53. The molecular formula is C16H15N3O2. The van der Waals surface area contributed by atoms with Gasteiger partial charge in [-0.3, -0.25) is 4.79 Å². The quantitative estimate of drug-likeness (QED) is 0.879. The van der Waals surface area contributed by atoms with Crippen LogP contribution in [0.2, 0.25) is 0 Å². The van der Waals surface area contributed by atoms with Crippen molar-refractivity contribution in [2.24, 2.45) is 5.73 Å². The maximum Gasteiger partial charge on any atom is 0.244 e. The lowest BCUT2D eigenvalue weighted by molar-refractivity contribution is -0.118. The number of nitrogens with one attached hydrogen (secondary N) is 1. The minimum Gasteiger partial charge on any atom is -0.497 e. The molecule has 0 aliphatic rings. The molecule has 1 amide bonds. The third-order valence-corrected chi connectivity index (χ3v) is 3.08. The third kappa shape index (κ3) is 3.31. The summed E-state index contributed by atoms with van der Waals surface area (Å²) in [6.45, 7) is 0. The summed E-state index contributed by atoms with van der Waals surface area (Å²) in [7, 11) is 1.58. The Labute approximate surface area is 123 Å². The van der Waals surface area contributed by atoms with Crippen molar-refractivity contribution >= 4 is 11.6 Å². The number of methoxy groups -OCH3 is 1. The Balaban J connectivity index is 2.31. The zero-order valence-corrected chi connectivity index (χ0v) is 11.5. The van der Waals surface area contributed by atoms with Gasteiger partial charge >= 0.3 is 0 Å². The standard InChI is InChI=1S/C16H15N3O2/c1-21-13-8-6-12(7-9-13)19-15(16(18)20)14-5-3-2-4-11(14)10-17/h2-9,15,19H,1H3,(H2,18,20). The molecule has 0 aliphatic carbocycles. The van der Waals surface area contributed by atoms with E-state index >= 15 is 0 Å². The number of nitrogens with zero attached hydrogens (tertiary/aromatic N) is 1. The first kappa shape index (κ1) is 14.4. The van der Waals surface area contributed by atoms with Gasteiger partial charge in [0.2, 0.25) is 5.91 Å². The normalized spacial score (nSPS) is 11.2. The number of anilines is 1. The number of benzene rings is 2. The molecule has 0 heterocycles. The highest BCUT2D eigenvalue weighted by Crippen LogP contribution is 2.23. The number of hydrogen-bond donors (Lipinski definition) is 2. The van der Waals surface area contributed by atoms with Crippen LogP contribution in [0.25, 0.3) is 0 Å². The summed E-state index contributed by atoms with van der Waals surface area (Å²) in [6, 6.07) is 15.3. The Kier molecular flexibility index (Phi) is 4.42. The number of rotatable bonds is 5. The fourth-order valence-electron chi connectivity index (χ4n) is 2.01. The van der Waals surface area contributed by atoms with Crippen LogP contribution in [0.15, 0.2) is 48.5 Å². The summed E-state index contributed by atoms with van der Waals surface area (Å²) in [5.41, 5.74) is 7.15. The molecule has 1 atom stereocenters. The molecular weight excluding hydrogens is 266 g/mol. The predicted molar refractivity (Wildman–Crippen MR) is 79.7 cm³/mol. The summed E-state index contributed by atoms with van der Waals surface area (Å²) in [5.74, 6) is 0.169. The lowest BCUT2D eigenvalue weighted by Crippen LogP contribution is -2.28. The largest absolute Gasteiger partial charge is 0.497 e. The van der Waals surface area contributed by atoms with Gasteiger partial charge in [0.05, 0.1) is 18.7 Å². The number of carbonyl (C=O) groups is 1. The number of amides is 1. The van der Waals surface area contributed by atoms with Crippen LogP contribution in [-0.4, -0.2) is 13.0 Å².